The van der Waals surface area contributed by atoms with Crippen molar-refractivity contribution in [1.29, 1.82) is 0 Å². The zero-order valence-corrected chi connectivity index (χ0v) is 10.7. The Balaban J connectivity index is 2.43. The van der Waals surface area contributed by atoms with Gasteiger partial charge in [0.25, 0.3) is 0 Å². The number of hydrogen-bond acceptors (Lipinski definition) is 2. The molecular formula is C12H12ClF2N3. The first-order chi connectivity index (χ1) is 8.52. The molecule has 0 radical (unpaired) electrons. The van der Waals surface area contributed by atoms with E-state index in [4.69, 9.17) is 11.6 Å². The second-order valence-corrected chi connectivity index (χ2v) is 4.54. The summed E-state index contributed by atoms with van der Waals surface area (Å²) in [6.07, 6.45) is 2.19. The fourth-order valence-corrected chi connectivity index (χ4v) is 1.66. The Morgan fingerprint density at radius 1 is 1.33 bits per heavy atom. The summed E-state index contributed by atoms with van der Waals surface area (Å²) < 4.78 is 28.3. The molecule has 1 aromatic carbocycles. The molecule has 3 nitrogen and oxygen atoms in total. The van der Waals surface area contributed by atoms with Crippen LogP contribution in [0.25, 0.3) is 5.69 Å². The van der Waals surface area contributed by atoms with Gasteiger partial charge in [0, 0.05) is 6.07 Å². The molecule has 1 unspecified atom stereocenters. The van der Waals surface area contributed by atoms with E-state index in [1.54, 1.807) is 0 Å². The molecule has 0 saturated carbocycles. The number of aromatic nitrogens is 3. The van der Waals surface area contributed by atoms with Crippen molar-refractivity contribution >= 4 is 11.6 Å². The van der Waals surface area contributed by atoms with Gasteiger partial charge < -0.3 is 0 Å². The number of halogens is 3. The van der Waals surface area contributed by atoms with Gasteiger partial charge in [-0.2, -0.15) is 0 Å². The Hall–Kier alpha value is -1.49. The molecule has 0 spiro atoms. The fraction of sp³-hybridized carbons (Fsp3) is 0.333. The largest absolute Gasteiger partial charge is 0.217 e. The van der Waals surface area contributed by atoms with Crippen molar-refractivity contribution in [2.24, 2.45) is 0 Å². The quantitative estimate of drug-likeness (QED) is 0.800. The zero-order chi connectivity index (χ0) is 13.3. The van der Waals surface area contributed by atoms with Gasteiger partial charge in [0.05, 0.1) is 11.6 Å². The molecular weight excluding hydrogens is 260 g/mol. The summed E-state index contributed by atoms with van der Waals surface area (Å²) in [4.78, 5) is 0. The fourth-order valence-electron chi connectivity index (χ4n) is 1.56. The summed E-state index contributed by atoms with van der Waals surface area (Å²) in [5.74, 6) is -1.03. The summed E-state index contributed by atoms with van der Waals surface area (Å²) in [5, 5.41) is 7.33. The smallest absolute Gasteiger partial charge is 0.149 e. The molecule has 0 fully saturated rings. The van der Waals surface area contributed by atoms with Crippen molar-refractivity contribution in [3.05, 3.63) is 41.2 Å². The van der Waals surface area contributed by atoms with Crippen LogP contribution in [-0.4, -0.2) is 15.0 Å². The minimum atomic E-state index is -0.548. The monoisotopic (exact) mass is 271 g/mol. The SMILES string of the molecule is CCC(Cl)c1cn(-c2cc(F)c(C)cc2F)nn1. The Labute approximate surface area is 108 Å². The lowest BCUT2D eigenvalue weighted by Gasteiger charge is -2.04. The second-order valence-electron chi connectivity index (χ2n) is 4.02. The van der Waals surface area contributed by atoms with Crippen molar-refractivity contribution < 1.29 is 8.78 Å². The molecule has 6 heteroatoms. The summed E-state index contributed by atoms with van der Waals surface area (Å²) in [6.45, 7) is 3.41. The van der Waals surface area contributed by atoms with E-state index in [9.17, 15) is 8.78 Å². The first-order valence-corrected chi connectivity index (χ1v) is 5.99. The molecule has 1 atom stereocenters. The van der Waals surface area contributed by atoms with E-state index >= 15 is 0 Å². The highest BCUT2D eigenvalue weighted by Crippen LogP contribution is 2.23. The van der Waals surface area contributed by atoms with Crippen molar-refractivity contribution in [2.45, 2.75) is 25.6 Å². The Morgan fingerprint density at radius 3 is 2.72 bits per heavy atom. The van der Waals surface area contributed by atoms with Crippen LogP contribution in [0.15, 0.2) is 18.3 Å². The van der Waals surface area contributed by atoms with Gasteiger partial charge in [0.1, 0.15) is 23.0 Å². The van der Waals surface area contributed by atoms with Gasteiger partial charge in [-0.1, -0.05) is 12.1 Å². The molecule has 0 aliphatic carbocycles. The zero-order valence-electron chi connectivity index (χ0n) is 9.99. The third kappa shape index (κ3) is 2.36. The number of rotatable bonds is 3. The van der Waals surface area contributed by atoms with Gasteiger partial charge in [-0.3, -0.25) is 0 Å². The molecule has 1 heterocycles. The van der Waals surface area contributed by atoms with Gasteiger partial charge in [0.2, 0.25) is 0 Å². The summed E-state index contributed by atoms with van der Waals surface area (Å²) in [6, 6.07) is 2.22. The Morgan fingerprint density at radius 2 is 2.06 bits per heavy atom. The van der Waals surface area contributed by atoms with Crippen molar-refractivity contribution in [2.75, 3.05) is 0 Å². The topological polar surface area (TPSA) is 30.7 Å². The second kappa shape index (κ2) is 5.02. The molecule has 2 rings (SSSR count). The van der Waals surface area contributed by atoms with E-state index in [0.29, 0.717) is 12.1 Å². The van der Waals surface area contributed by atoms with Crippen LogP contribution in [0, 0.1) is 18.6 Å². The molecule has 0 aliphatic rings. The third-order valence-electron chi connectivity index (χ3n) is 2.67. The number of benzene rings is 1. The maximum absolute atomic E-state index is 13.7. The van der Waals surface area contributed by atoms with Crippen LogP contribution in [0.3, 0.4) is 0 Å². The highest BCUT2D eigenvalue weighted by Gasteiger charge is 2.14. The van der Waals surface area contributed by atoms with Crippen LogP contribution < -0.4 is 0 Å². The molecule has 0 N–H and O–H groups in total. The first-order valence-electron chi connectivity index (χ1n) is 5.55. The van der Waals surface area contributed by atoms with E-state index in [0.717, 1.165) is 12.1 Å². The molecule has 0 aliphatic heterocycles. The van der Waals surface area contributed by atoms with E-state index in [-0.39, 0.29) is 16.6 Å². The molecule has 0 bridgehead atoms. The number of aryl methyl sites for hydroxylation is 1. The number of alkyl halides is 1. The van der Waals surface area contributed by atoms with Crippen LogP contribution in [-0.2, 0) is 0 Å². The van der Waals surface area contributed by atoms with E-state index < -0.39 is 11.6 Å². The molecule has 0 amide bonds. The van der Waals surface area contributed by atoms with Gasteiger partial charge in [-0.15, -0.1) is 16.7 Å². The molecule has 18 heavy (non-hydrogen) atoms. The lowest BCUT2D eigenvalue weighted by Crippen LogP contribution is -2.01. The molecule has 0 saturated heterocycles. The number of hydrogen-bond donors (Lipinski definition) is 0. The highest BCUT2D eigenvalue weighted by atomic mass is 35.5. The van der Waals surface area contributed by atoms with Gasteiger partial charge in [-0.25, -0.2) is 13.5 Å². The minimum absolute atomic E-state index is 0.0248. The summed E-state index contributed by atoms with van der Waals surface area (Å²) in [7, 11) is 0. The summed E-state index contributed by atoms with van der Waals surface area (Å²) >= 11 is 6.00. The number of nitrogens with zero attached hydrogens (tertiary/aromatic N) is 3. The van der Waals surface area contributed by atoms with Crippen LogP contribution in [0.5, 0.6) is 0 Å². The first kappa shape index (κ1) is 13.0. The van der Waals surface area contributed by atoms with Crippen LogP contribution in [0.2, 0.25) is 0 Å². The maximum Gasteiger partial charge on any atom is 0.149 e. The minimum Gasteiger partial charge on any atom is -0.217 e. The highest BCUT2D eigenvalue weighted by molar-refractivity contribution is 6.20. The van der Waals surface area contributed by atoms with Gasteiger partial charge in [0.15, 0.2) is 0 Å². The maximum atomic E-state index is 13.7. The van der Waals surface area contributed by atoms with Gasteiger partial charge >= 0.3 is 0 Å². The molecule has 96 valence electrons. The molecule has 1 aromatic heterocycles. The van der Waals surface area contributed by atoms with E-state index in [1.807, 2.05) is 6.92 Å². The van der Waals surface area contributed by atoms with Crippen molar-refractivity contribution in [1.82, 2.24) is 15.0 Å². The Bertz CT molecular complexity index is 568. The van der Waals surface area contributed by atoms with Crippen molar-refractivity contribution in [3.8, 4) is 5.69 Å². The van der Waals surface area contributed by atoms with E-state index in [2.05, 4.69) is 10.3 Å². The Kier molecular flexibility index (Phi) is 3.61. The average molecular weight is 272 g/mol. The average Bonchev–Trinajstić information content (AvgIpc) is 2.82. The molecule has 2 aromatic rings. The predicted molar refractivity (Wildman–Crippen MR) is 64.9 cm³/mol. The lowest BCUT2D eigenvalue weighted by atomic mass is 10.2. The van der Waals surface area contributed by atoms with Crippen LogP contribution >= 0.6 is 11.6 Å². The summed E-state index contributed by atoms with van der Waals surface area (Å²) in [5.41, 5.74) is 0.816. The predicted octanol–water partition coefficient (Wildman–Crippen LogP) is 3.54. The van der Waals surface area contributed by atoms with Crippen LogP contribution in [0.4, 0.5) is 8.78 Å². The van der Waals surface area contributed by atoms with Crippen molar-refractivity contribution in [3.63, 3.8) is 0 Å². The lowest BCUT2D eigenvalue weighted by molar-refractivity contribution is 0.578. The van der Waals surface area contributed by atoms with Gasteiger partial charge in [-0.05, 0) is 25.0 Å². The third-order valence-corrected chi connectivity index (χ3v) is 3.20. The normalized spacial score (nSPS) is 12.7. The standard InChI is InChI=1S/C12H12ClF2N3/c1-3-8(13)11-6-18(17-16-11)12-5-9(14)7(2)4-10(12)15/h4-6,8H,3H2,1-2H3. The van der Waals surface area contributed by atoms with Crippen LogP contribution in [0.1, 0.15) is 30.0 Å². The van der Waals surface area contributed by atoms with E-state index in [1.165, 1.54) is 17.8 Å².